The first-order valence-electron chi connectivity index (χ1n) is 6.79. The van der Waals surface area contributed by atoms with Gasteiger partial charge in [-0.2, -0.15) is 0 Å². The molecule has 0 unspecified atom stereocenters. The minimum atomic E-state index is 0.500. The van der Waals surface area contributed by atoms with E-state index in [4.69, 9.17) is 11.6 Å². The van der Waals surface area contributed by atoms with E-state index in [9.17, 15) is 0 Å². The van der Waals surface area contributed by atoms with Crippen molar-refractivity contribution in [2.45, 2.75) is 45.0 Å². The molecule has 0 bridgehead atoms. The predicted molar refractivity (Wildman–Crippen MR) is 76.0 cm³/mol. The third-order valence-corrected chi connectivity index (χ3v) is 4.26. The average Bonchev–Trinajstić information content (AvgIpc) is 2.97. The lowest BCUT2D eigenvalue weighted by atomic mass is 10.1. The first-order chi connectivity index (χ1) is 8.78. The molecule has 0 N–H and O–H groups in total. The fourth-order valence-corrected chi connectivity index (χ4v) is 3.25. The van der Waals surface area contributed by atoms with Crippen molar-refractivity contribution in [3.05, 3.63) is 29.6 Å². The SMILES string of the molecule is Cc1ccc2c(c1)nc(CCl)n2CC1CCCC1. The van der Waals surface area contributed by atoms with Crippen molar-refractivity contribution >= 4 is 22.6 Å². The van der Waals surface area contributed by atoms with Gasteiger partial charge in [-0.3, -0.25) is 0 Å². The first kappa shape index (κ1) is 12.0. The van der Waals surface area contributed by atoms with Crippen LogP contribution in [0.5, 0.6) is 0 Å². The Bertz CT molecular complexity index is 553. The molecule has 1 fully saturated rings. The maximum atomic E-state index is 6.05. The Morgan fingerprint density at radius 3 is 2.83 bits per heavy atom. The lowest BCUT2D eigenvalue weighted by molar-refractivity contribution is 0.458. The van der Waals surface area contributed by atoms with Gasteiger partial charge in [0.05, 0.1) is 16.9 Å². The van der Waals surface area contributed by atoms with E-state index >= 15 is 0 Å². The van der Waals surface area contributed by atoms with Crippen molar-refractivity contribution in [3.8, 4) is 0 Å². The van der Waals surface area contributed by atoms with Gasteiger partial charge in [0.1, 0.15) is 5.82 Å². The van der Waals surface area contributed by atoms with Crippen LogP contribution in [0.15, 0.2) is 18.2 Å². The number of aromatic nitrogens is 2. The number of aryl methyl sites for hydroxylation is 1. The van der Waals surface area contributed by atoms with E-state index in [0.29, 0.717) is 5.88 Å². The van der Waals surface area contributed by atoms with E-state index in [1.54, 1.807) is 0 Å². The monoisotopic (exact) mass is 262 g/mol. The van der Waals surface area contributed by atoms with Crippen LogP contribution >= 0.6 is 11.6 Å². The molecule has 1 aliphatic carbocycles. The Kier molecular flexibility index (Phi) is 3.29. The number of rotatable bonds is 3. The summed E-state index contributed by atoms with van der Waals surface area (Å²) in [6.45, 7) is 3.19. The van der Waals surface area contributed by atoms with Gasteiger partial charge in [-0.15, -0.1) is 11.6 Å². The van der Waals surface area contributed by atoms with Gasteiger partial charge in [0.15, 0.2) is 0 Å². The summed E-state index contributed by atoms with van der Waals surface area (Å²) in [6, 6.07) is 6.49. The summed E-state index contributed by atoms with van der Waals surface area (Å²) in [5.41, 5.74) is 3.58. The molecule has 96 valence electrons. The number of nitrogens with zero attached hydrogens (tertiary/aromatic N) is 2. The molecule has 0 atom stereocenters. The third kappa shape index (κ3) is 2.14. The van der Waals surface area contributed by atoms with Gasteiger partial charge in [0.2, 0.25) is 0 Å². The number of hydrogen-bond acceptors (Lipinski definition) is 1. The molecule has 1 heterocycles. The maximum absolute atomic E-state index is 6.05. The molecule has 1 saturated carbocycles. The molecule has 3 rings (SSSR count). The zero-order valence-electron chi connectivity index (χ0n) is 10.8. The average molecular weight is 263 g/mol. The van der Waals surface area contributed by atoms with Crippen LogP contribution in [0.4, 0.5) is 0 Å². The summed E-state index contributed by atoms with van der Waals surface area (Å²) in [6.07, 6.45) is 5.47. The molecule has 1 aliphatic rings. The van der Waals surface area contributed by atoms with Crippen LogP contribution in [0.1, 0.15) is 37.1 Å². The molecule has 2 aromatic rings. The van der Waals surface area contributed by atoms with Crippen molar-refractivity contribution in [3.63, 3.8) is 0 Å². The van der Waals surface area contributed by atoms with E-state index in [-0.39, 0.29) is 0 Å². The number of alkyl halides is 1. The second-order valence-electron chi connectivity index (χ2n) is 5.41. The summed E-state index contributed by atoms with van der Waals surface area (Å²) in [7, 11) is 0. The second kappa shape index (κ2) is 4.93. The van der Waals surface area contributed by atoms with Crippen molar-refractivity contribution in [1.29, 1.82) is 0 Å². The molecule has 0 saturated heterocycles. The molecule has 1 aromatic carbocycles. The lowest BCUT2D eigenvalue weighted by Crippen LogP contribution is -2.09. The van der Waals surface area contributed by atoms with Crippen molar-refractivity contribution < 1.29 is 0 Å². The Hall–Kier alpha value is -1.02. The molecule has 1 aromatic heterocycles. The third-order valence-electron chi connectivity index (χ3n) is 4.02. The highest BCUT2D eigenvalue weighted by Gasteiger charge is 2.18. The van der Waals surface area contributed by atoms with Crippen LogP contribution in [0, 0.1) is 12.8 Å². The highest BCUT2D eigenvalue weighted by Crippen LogP contribution is 2.29. The highest BCUT2D eigenvalue weighted by molar-refractivity contribution is 6.16. The number of benzene rings is 1. The van der Waals surface area contributed by atoms with Gasteiger partial charge >= 0.3 is 0 Å². The summed E-state index contributed by atoms with van der Waals surface area (Å²) < 4.78 is 2.33. The minimum absolute atomic E-state index is 0.500. The zero-order chi connectivity index (χ0) is 12.5. The van der Waals surface area contributed by atoms with Crippen LogP contribution in [0.2, 0.25) is 0 Å². The first-order valence-corrected chi connectivity index (χ1v) is 7.33. The van der Waals surface area contributed by atoms with E-state index in [2.05, 4.69) is 34.7 Å². The smallest absolute Gasteiger partial charge is 0.124 e. The fraction of sp³-hybridized carbons (Fsp3) is 0.533. The van der Waals surface area contributed by atoms with Crippen LogP contribution in [0.3, 0.4) is 0 Å². The van der Waals surface area contributed by atoms with E-state index in [1.807, 2.05) is 0 Å². The Morgan fingerprint density at radius 2 is 2.11 bits per heavy atom. The molecular weight excluding hydrogens is 244 g/mol. The van der Waals surface area contributed by atoms with Gasteiger partial charge in [-0.25, -0.2) is 4.98 Å². The Labute approximate surface area is 113 Å². The Balaban J connectivity index is 2.01. The van der Waals surface area contributed by atoms with E-state index < -0.39 is 0 Å². The van der Waals surface area contributed by atoms with Gasteiger partial charge in [0, 0.05) is 6.54 Å². The molecule has 18 heavy (non-hydrogen) atoms. The van der Waals surface area contributed by atoms with Crippen molar-refractivity contribution in [1.82, 2.24) is 9.55 Å². The van der Waals surface area contributed by atoms with Gasteiger partial charge in [0.25, 0.3) is 0 Å². The number of imidazole rings is 1. The molecule has 3 heteroatoms. The number of hydrogen-bond donors (Lipinski definition) is 0. The van der Waals surface area contributed by atoms with Crippen LogP contribution < -0.4 is 0 Å². The largest absolute Gasteiger partial charge is 0.327 e. The van der Waals surface area contributed by atoms with Crippen LogP contribution in [0.25, 0.3) is 11.0 Å². The van der Waals surface area contributed by atoms with Gasteiger partial charge < -0.3 is 4.57 Å². The molecule has 0 aliphatic heterocycles. The second-order valence-corrected chi connectivity index (χ2v) is 5.68. The minimum Gasteiger partial charge on any atom is -0.327 e. The molecule has 0 amide bonds. The highest BCUT2D eigenvalue weighted by atomic mass is 35.5. The maximum Gasteiger partial charge on any atom is 0.124 e. The quantitative estimate of drug-likeness (QED) is 0.755. The molecule has 0 spiro atoms. The fourth-order valence-electron chi connectivity index (χ4n) is 3.05. The normalized spacial score (nSPS) is 16.8. The predicted octanol–water partition coefficient (Wildman–Crippen LogP) is 4.27. The van der Waals surface area contributed by atoms with Crippen molar-refractivity contribution in [2.24, 2.45) is 5.92 Å². The van der Waals surface area contributed by atoms with E-state index in [0.717, 1.165) is 23.8 Å². The number of halogens is 1. The zero-order valence-corrected chi connectivity index (χ0v) is 11.6. The summed E-state index contributed by atoms with van der Waals surface area (Å²) >= 11 is 6.05. The lowest BCUT2D eigenvalue weighted by Gasteiger charge is -2.13. The topological polar surface area (TPSA) is 17.8 Å². The van der Waals surface area contributed by atoms with Crippen LogP contribution in [-0.2, 0) is 12.4 Å². The summed E-state index contributed by atoms with van der Waals surface area (Å²) in [4.78, 5) is 4.67. The summed E-state index contributed by atoms with van der Waals surface area (Å²) in [5, 5.41) is 0. The van der Waals surface area contributed by atoms with Gasteiger partial charge in [-0.1, -0.05) is 18.9 Å². The Morgan fingerprint density at radius 1 is 1.33 bits per heavy atom. The molecule has 2 nitrogen and oxygen atoms in total. The van der Waals surface area contributed by atoms with Crippen molar-refractivity contribution in [2.75, 3.05) is 0 Å². The van der Waals surface area contributed by atoms with Gasteiger partial charge in [-0.05, 0) is 43.4 Å². The standard InChI is InChI=1S/C15H19ClN2/c1-11-6-7-14-13(8-11)17-15(9-16)18(14)10-12-4-2-3-5-12/h6-8,12H,2-5,9-10H2,1H3. The summed E-state index contributed by atoms with van der Waals surface area (Å²) in [5.74, 6) is 2.33. The molecular formula is C15H19ClN2. The molecule has 0 radical (unpaired) electrons. The number of fused-ring (bicyclic) bond motifs is 1. The van der Waals surface area contributed by atoms with E-state index in [1.165, 1.54) is 36.8 Å². The van der Waals surface area contributed by atoms with Crippen LogP contribution in [-0.4, -0.2) is 9.55 Å².